The summed E-state index contributed by atoms with van der Waals surface area (Å²) in [5, 5.41) is 3.44. The third kappa shape index (κ3) is 1.80. The number of nitrogens with one attached hydrogen (secondary N) is 1. The molecular weight excluding hydrogens is 188 g/mol. The van der Waals surface area contributed by atoms with Crippen molar-refractivity contribution in [1.29, 1.82) is 0 Å². The maximum absolute atomic E-state index is 5.70. The van der Waals surface area contributed by atoms with Crippen molar-refractivity contribution >= 4 is 11.3 Å². The van der Waals surface area contributed by atoms with E-state index in [1.807, 2.05) is 28.9 Å². The number of imidazole rings is 1. The summed E-state index contributed by atoms with van der Waals surface area (Å²) in [6, 6.07) is 4.49. The van der Waals surface area contributed by atoms with Gasteiger partial charge in [-0.25, -0.2) is 4.98 Å². The zero-order chi connectivity index (χ0) is 10.3. The Morgan fingerprint density at radius 1 is 1.53 bits per heavy atom. The van der Waals surface area contributed by atoms with Crippen LogP contribution in [0.3, 0.4) is 0 Å². The van der Waals surface area contributed by atoms with Gasteiger partial charge >= 0.3 is 0 Å². The van der Waals surface area contributed by atoms with Crippen molar-refractivity contribution in [2.45, 2.75) is 25.4 Å². The molecular formula is C11H14N4. The second-order valence-electron chi connectivity index (χ2n) is 4.11. The van der Waals surface area contributed by atoms with Gasteiger partial charge < -0.3 is 15.5 Å². The number of nitrogen functional groups attached to an aromatic ring is 1. The van der Waals surface area contributed by atoms with Crippen LogP contribution in [0.15, 0.2) is 24.5 Å². The highest BCUT2D eigenvalue weighted by Gasteiger charge is 2.20. The number of aromatic nitrogens is 2. The van der Waals surface area contributed by atoms with E-state index in [0.717, 1.165) is 29.6 Å². The molecule has 0 amide bonds. The highest BCUT2D eigenvalue weighted by atomic mass is 15.0. The molecule has 2 aromatic rings. The van der Waals surface area contributed by atoms with Crippen LogP contribution >= 0.6 is 0 Å². The number of rotatable bonds is 3. The number of hydrogen-bond acceptors (Lipinski definition) is 3. The highest BCUT2D eigenvalue weighted by Crippen LogP contribution is 2.19. The maximum Gasteiger partial charge on any atom is 0.139 e. The van der Waals surface area contributed by atoms with Gasteiger partial charge in [0.25, 0.3) is 0 Å². The fraction of sp³-hybridized carbons (Fsp3) is 0.364. The van der Waals surface area contributed by atoms with Gasteiger partial charge in [-0.2, -0.15) is 0 Å². The topological polar surface area (TPSA) is 55.4 Å². The first-order chi connectivity index (χ1) is 7.31. The van der Waals surface area contributed by atoms with Gasteiger partial charge in [0.05, 0.1) is 5.69 Å². The molecule has 2 heterocycles. The van der Waals surface area contributed by atoms with Gasteiger partial charge in [-0.1, -0.05) is 0 Å². The van der Waals surface area contributed by atoms with E-state index in [2.05, 4.69) is 10.3 Å². The summed E-state index contributed by atoms with van der Waals surface area (Å²) in [5.74, 6) is 0. The first-order valence-corrected chi connectivity index (χ1v) is 5.28. The summed E-state index contributed by atoms with van der Waals surface area (Å²) < 4.78 is 2.00. The van der Waals surface area contributed by atoms with Crippen LogP contribution in [0.5, 0.6) is 0 Å². The Bertz CT molecular complexity index is 484. The van der Waals surface area contributed by atoms with E-state index in [1.165, 1.54) is 12.8 Å². The molecule has 1 saturated carbocycles. The van der Waals surface area contributed by atoms with Crippen LogP contribution in [0.25, 0.3) is 5.65 Å². The lowest BCUT2D eigenvalue weighted by molar-refractivity contribution is 0.677. The number of anilines is 1. The number of nitrogens with zero attached hydrogens (tertiary/aromatic N) is 2. The molecule has 0 radical (unpaired) electrons. The maximum atomic E-state index is 5.70. The van der Waals surface area contributed by atoms with Crippen molar-refractivity contribution in [2.75, 3.05) is 5.73 Å². The predicted molar refractivity (Wildman–Crippen MR) is 59.5 cm³/mol. The second-order valence-corrected chi connectivity index (χ2v) is 4.11. The molecule has 0 atom stereocenters. The molecule has 1 aliphatic rings. The Balaban J connectivity index is 1.84. The zero-order valence-electron chi connectivity index (χ0n) is 8.48. The molecule has 4 nitrogen and oxygen atoms in total. The van der Waals surface area contributed by atoms with Crippen molar-refractivity contribution in [2.24, 2.45) is 0 Å². The van der Waals surface area contributed by atoms with E-state index in [-0.39, 0.29) is 0 Å². The minimum atomic E-state index is 0.722. The van der Waals surface area contributed by atoms with Crippen LogP contribution < -0.4 is 11.1 Å². The van der Waals surface area contributed by atoms with Gasteiger partial charge in [-0.05, 0) is 18.9 Å². The second kappa shape index (κ2) is 3.24. The SMILES string of the molecule is Nc1ccn2cc(CNC3CC3)nc2c1. The summed E-state index contributed by atoms with van der Waals surface area (Å²) in [4.78, 5) is 4.49. The van der Waals surface area contributed by atoms with Gasteiger partial charge in [0, 0.05) is 36.7 Å². The molecule has 4 heteroatoms. The van der Waals surface area contributed by atoms with Crippen molar-refractivity contribution in [3.8, 4) is 0 Å². The minimum absolute atomic E-state index is 0.722. The third-order valence-corrected chi connectivity index (χ3v) is 2.68. The van der Waals surface area contributed by atoms with Gasteiger partial charge in [0.15, 0.2) is 0 Å². The monoisotopic (exact) mass is 202 g/mol. The van der Waals surface area contributed by atoms with E-state index in [9.17, 15) is 0 Å². The van der Waals surface area contributed by atoms with Crippen LogP contribution in [0.2, 0.25) is 0 Å². The molecule has 1 aliphatic carbocycles. The molecule has 0 unspecified atom stereocenters. The largest absolute Gasteiger partial charge is 0.399 e. The quantitative estimate of drug-likeness (QED) is 0.785. The average molecular weight is 202 g/mol. The smallest absolute Gasteiger partial charge is 0.139 e. The number of pyridine rings is 1. The lowest BCUT2D eigenvalue weighted by atomic mass is 10.4. The third-order valence-electron chi connectivity index (χ3n) is 2.68. The normalized spacial score (nSPS) is 16.0. The number of fused-ring (bicyclic) bond motifs is 1. The van der Waals surface area contributed by atoms with Crippen molar-refractivity contribution in [3.05, 3.63) is 30.2 Å². The summed E-state index contributed by atoms with van der Waals surface area (Å²) in [7, 11) is 0. The van der Waals surface area contributed by atoms with E-state index in [1.54, 1.807) is 0 Å². The van der Waals surface area contributed by atoms with E-state index < -0.39 is 0 Å². The van der Waals surface area contributed by atoms with Crippen LogP contribution in [-0.4, -0.2) is 15.4 Å². The van der Waals surface area contributed by atoms with Gasteiger partial charge in [-0.15, -0.1) is 0 Å². The first-order valence-electron chi connectivity index (χ1n) is 5.28. The van der Waals surface area contributed by atoms with Gasteiger partial charge in [-0.3, -0.25) is 0 Å². The molecule has 0 aliphatic heterocycles. The summed E-state index contributed by atoms with van der Waals surface area (Å²) in [6.07, 6.45) is 6.60. The summed E-state index contributed by atoms with van der Waals surface area (Å²) >= 11 is 0. The van der Waals surface area contributed by atoms with Crippen LogP contribution in [0.4, 0.5) is 5.69 Å². The Labute approximate surface area is 88.1 Å². The highest BCUT2D eigenvalue weighted by molar-refractivity contribution is 5.52. The molecule has 0 spiro atoms. The molecule has 0 saturated heterocycles. The summed E-state index contributed by atoms with van der Waals surface area (Å²) in [6.45, 7) is 0.853. The molecule has 0 bridgehead atoms. The Morgan fingerprint density at radius 3 is 3.20 bits per heavy atom. The molecule has 3 N–H and O–H groups in total. The molecule has 15 heavy (non-hydrogen) atoms. The lowest BCUT2D eigenvalue weighted by Gasteiger charge is -1.96. The Morgan fingerprint density at radius 2 is 2.40 bits per heavy atom. The summed E-state index contributed by atoms with van der Waals surface area (Å²) in [5.41, 5.74) is 8.45. The Hall–Kier alpha value is -1.55. The average Bonchev–Trinajstić information content (AvgIpc) is 2.95. The zero-order valence-corrected chi connectivity index (χ0v) is 8.48. The van der Waals surface area contributed by atoms with Gasteiger partial charge in [0.2, 0.25) is 0 Å². The van der Waals surface area contributed by atoms with Crippen LogP contribution in [0.1, 0.15) is 18.5 Å². The molecule has 1 fully saturated rings. The Kier molecular flexibility index (Phi) is 1.89. The molecule has 2 aromatic heterocycles. The predicted octanol–water partition coefficient (Wildman–Crippen LogP) is 1.17. The van der Waals surface area contributed by atoms with Crippen LogP contribution in [0, 0.1) is 0 Å². The van der Waals surface area contributed by atoms with E-state index >= 15 is 0 Å². The fourth-order valence-corrected chi connectivity index (χ4v) is 1.67. The van der Waals surface area contributed by atoms with Crippen molar-refractivity contribution in [1.82, 2.24) is 14.7 Å². The number of hydrogen-bond donors (Lipinski definition) is 2. The molecule has 0 aromatic carbocycles. The van der Waals surface area contributed by atoms with Crippen molar-refractivity contribution in [3.63, 3.8) is 0 Å². The van der Waals surface area contributed by atoms with E-state index in [4.69, 9.17) is 5.73 Å². The minimum Gasteiger partial charge on any atom is -0.399 e. The fourth-order valence-electron chi connectivity index (χ4n) is 1.67. The molecule has 78 valence electrons. The molecule has 3 rings (SSSR count). The number of nitrogens with two attached hydrogens (primary N) is 1. The first kappa shape index (κ1) is 8.73. The van der Waals surface area contributed by atoms with Crippen LogP contribution in [-0.2, 0) is 6.54 Å². The standard InChI is InChI=1S/C11H14N4/c12-8-3-4-15-7-10(14-11(15)5-8)6-13-9-1-2-9/h3-5,7,9,13H,1-2,6,12H2. The van der Waals surface area contributed by atoms with E-state index in [0.29, 0.717) is 0 Å². The van der Waals surface area contributed by atoms with Gasteiger partial charge in [0.1, 0.15) is 5.65 Å². The van der Waals surface area contributed by atoms with Crippen molar-refractivity contribution < 1.29 is 0 Å². The lowest BCUT2D eigenvalue weighted by Crippen LogP contribution is -2.15.